The van der Waals surface area contributed by atoms with E-state index in [2.05, 4.69) is 15.5 Å². The average molecular weight is 367 g/mol. The standard InChI is InChI=1S/C21H25N3O3/c1-15-8-9-16(21(26)27-2)12-19(15)23-20(25)14-24-11-10-18(13-24)22-17-6-4-3-5-7-17/h3-9,12,18,22H,10-11,13-14H2,1-2H3,(H,23,25). The van der Waals surface area contributed by atoms with Crippen molar-refractivity contribution in [3.8, 4) is 0 Å². The summed E-state index contributed by atoms with van der Waals surface area (Å²) in [6.45, 7) is 3.92. The van der Waals surface area contributed by atoms with Crippen molar-refractivity contribution in [3.63, 3.8) is 0 Å². The van der Waals surface area contributed by atoms with Gasteiger partial charge in [0.25, 0.3) is 0 Å². The first kappa shape index (κ1) is 18.9. The molecule has 1 saturated heterocycles. The lowest BCUT2D eigenvalue weighted by Gasteiger charge is -2.17. The Morgan fingerprint density at radius 2 is 1.96 bits per heavy atom. The molecule has 2 aromatic rings. The van der Waals surface area contributed by atoms with Gasteiger partial charge in [-0.3, -0.25) is 9.69 Å². The van der Waals surface area contributed by atoms with E-state index in [1.165, 1.54) is 7.11 Å². The number of hydrogen-bond donors (Lipinski definition) is 2. The number of ether oxygens (including phenoxy) is 1. The maximum atomic E-state index is 12.4. The highest BCUT2D eigenvalue weighted by molar-refractivity contribution is 5.96. The van der Waals surface area contributed by atoms with E-state index in [0.29, 0.717) is 23.8 Å². The number of esters is 1. The van der Waals surface area contributed by atoms with E-state index in [4.69, 9.17) is 4.74 Å². The van der Waals surface area contributed by atoms with Crippen LogP contribution in [0, 0.1) is 6.92 Å². The molecule has 0 radical (unpaired) electrons. The third kappa shape index (κ3) is 5.08. The van der Waals surface area contributed by atoms with Gasteiger partial charge in [-0.05, 0) is 43.2 Å². The minimum atomic E-state index is -0.417. The molecule has 2 aromatic carbocycles. The number of rotatable bonds is 6. The molecule has 1 aliphatic heterocycles. The highest BCUT2D eigenvalue weighted by Crippen LogP contribution is 2.19. The number of anilines is 2. The van der Waals surface area contributed by atoms with E-state index in [1.54, 1.807) is 18.2 Å². The highest BCUT2D eigenvalue weighted by atomic mass is 16.5. The second-order valence-corrected chi connectivity index (χ2v) is 6.80. The maximum Gasteiger partial charge on any atom is 0.337 e. The van der Waals surface area contributed by atoms with Crippen molar-refractivity contribution < 1.29 is 14.3 Å². The molecule has 1 atom stereocenters. The van der Waals surface area contributed by atoms with E-state index >= 15 is 0 Å². The number of likely N-dealkylation sites (tertiary alicyclic amines) is 1. The number of para-hydroxylation sites is 1. The lowest BCUT2D eigenvalue weighted by molar-refractivity contribution is -0.117. The molecule has 2 N–H and O–H groups in total. The number of aryl methyl sites for hydroxylation is 1. The first-order chi connectivity index (χ1) is 13.0. The Balaban J connectivity index is 1.53. The topological polar surface area (TPSA) is 70.7 Å². The van der Waals surface area contributed by atoms with Crippen LogP contribution in [0.25, 0.3) is 0 Å². The van der Waals surface area contributed by atoms with Gasteiger partial charge in [0.2, 0.25) is 5.91 Å². The zero-order valence-electron chi connectivity index (χ0n) is 15.7. The van der Waals surface area contributed by atoms with Gasteiger partial charge in [-0.15, -0.1) is 0 Å². The van der Waals surface area contributed by atoms with Crippen LogP contribution in [0.1, 0.15) is 22.3 Å². The van der Waals surface area contributed by atoms with Crippen LogP contribution < -0.4 is 10.6 Å². The van der Waals surface area contributed by atoms with Crippen LogP contribution in [-0.4, -0.2) is 49.6 Å². The number of methoxy groups -OCH3 is 1. The van der Waals surface area contributed by atoms with Crippen molar-refractivity contribution in [1.29, 1.82) is 0 Å². The molecule has 6 nitrogen and oxygen atoms in total. The third-order valence-corrected chi connectivity index (χ3v) is 4.72. The van der Waals surface area contributed by atoms with E-state index < -0.39 is 5.97 Å². The van der Waals surface area contributed by atoms with Crippen molar-refractivity contribution in [3.05, 3.63) is 59.7 Å². The number of nitrogens with one attached hydrogen (secondary N) is 2. The summed E-state index contributed by atoms with van der Waals surface area (Å²) in [6.07, 6.45) is 0.999. The second-order valence-electron chi connectivity index (χ2n) is 6.80. The summed E-state index contributed by atoms with van der Waals surface area (Å²) < 4.78 is 4.74. The van der Waals surface area contributed by atoms with Gasteiger partial charge in [0, 0.05) is 30.5 Å². The number of carbonyl (C=O) groups excluding carboxylic acids is 2. The Labute approximate surface area is 159 Å². The van der Waals surface area contributed by atoms with Crippen LogP contribution in [0.4, 0.5) is 11.4 Å². The minimum absolute atomic E-state index is 0.0829. The van der Waals surface area contributed by atoms with Gasteiger partial charge in [0.1, 0.15) is 0 Å². The molecule has 1 heterocycles. The summed E-state index contributed by atoms with van der Waals surface area (Å²) >= 11 is 0. The number of benzene rings is 2. The number of hydrogen-bond acceptors (Lipinski definition) is 5. The summed E-state index contributed by atoms with van der Waals surface area (Å²) in [7, 11) is 1.34. The fraction of sp³-hybridized carbons (Fsp3) is 0.333. The van der Waals surface area contributed by atoms with Gasteiger partial charge in [-0.25, -0.2) is 4.79 Å². The Kier molecular flexibility index (Phi) is 6.08. The normalized spacial score (nSPS) is 16.7. The number of amides is 1. The molecule has 3 rings (SSSR count). The molecule has 27 heavy (non-hydrogen) atoms. The molecule has 1 fully saturated rings. The Bertz CT molecular complexity index is 808. The Hall–Kier alpha value is -2.86. The van der Waals surface area contributed by atoms with Crippen molar-refractivity contribution in [2.45, 2.75) is 19.4 Å². The van der Waals surface area contributed by atoms with Crippen molar-refractivity contribution in [2.75, 3.05) is 37.4 Å². The summed E-state index contributed by atoms with van der Waals surface area (Å²) in [5.41, 5.74) is 3.07. The minimum Gasteiger partial charge on any atom is -0.465 e. The summed E-state index contributed by atoms with van der Waals surface area (Å²) in [6, 6.07) is 15.6. The first-order valence-electron chi connectivity index (χ1n) is 9.08. The zero-order valence-corrected chi connectivity index (χ0v) is 15.7. The Morgan fingerprint density at radius 1 is 1.19 bits per heavy atom. The molecule has 1 amide bonds. The van der Waals surface area contributed by atoms with Crippen LogP contribution in [-0.2, 0) is 9.53 Å². The molecule has 142 valence electrons. The molecule has 1 aliphatic rings. The fourth-order valence-corrected chi connectivity index (χ4v) is 3.26. The van der Waals surface area contributed by atoms with Gasteiger partial charge >= 0.3 is 5.97 Å². The van der Waals surface area contributed by atoms with Gasteiger partial charge in [-0.1, -0.05) is 24.3 Å². The smallest absolute Gasteiger partial charge is 0.337 e. The molecule has 0 spiro atoms. The molecule has 1 unspecified atom stereocenters. The van der Waals surface area contributed by atoms with Crippen LogP contribution in [0.2, 0.25) is 0 Å². The lowest BCUT2D eigenvalue weighted by atomic mass is 10.1. The number of carbonyl (C=O) groups is 2. The van der Waals surface area contributed by atoms with Gasteiger partial charge in [0.15, 0.2) is 0 Å². The van der Waals surface area contributed by atoms with Crippen molar-refractivity contribution in [2.24, 2.45) is 0 Å². The summed E-state index contributed by atoms with van der Waals surface area (Å²) in [5.74, 6) is -0.500. The van der Waals surface area contributed by atoms with E-state index in [9.17, 15) is 9.59 Å². The average Bonchev–Trinajstić information content (AvgIpc) is 3.10. The van der Waals surface area contributed by atoms with E-state index in [0.717, 1.165) is 30.8 Å². The quantitative estimate of drug-likeness (QED) is 0.768. The van der Waals surface area contributed by atoms with Crippen LogP contribution in [0.15, 0.2) is 48.5 Å². The third-order valence-electron chi connectivity index (χ3n) is 4.72. The molecular formula is C21H25N3O3. The lowest BCUT2D eigenvalue weighted by Crippen LogP contribution is -2.33. The monoisotopic (exact) mass is 367 g/mol. The molecule has 6 heteroatoms. The molecular weight excluding hydrogens is 342 g/mol. The molecule has 0 bridgehead atoms. The zero-order chi connectivity index (χ0) is 19.2. The summed E-state index contributed by atoms with van der Waals surface area (Å²) in [5, 5.41) is 6.42. The van der Waals surface area contributed by atoms with Crippen LogP contribution in [0.5, 0.6) is 0 Å². The maximum absolute atomic E-state index is 12.4. The molecule has 0 saturated carbocycles. The number of nitrogens with zero attached hydrogens (tertiary/aromatic N) is 1. The van der Waals surface area contributed by atoms with Crippen molar-refractivity contribution in [1.82, 2.24) is 4.90 Å². The van der Waals surface area contributed by atoms with E-state index in [1.807, 2.05) is 37.3 Å². The predicted octanol–water partition coefficient (Wildman–Crippen LogP) is 2.91. The molecule has 0 aliphatic carbocycles. The van der Waals surface area contributed by atoms with Gasteiger partial charge < -0.3 is 15.4 Å². The molecule has 0 aromatic heterocycles. The highest BCUT2D eigenvalue weighted by Gasteiger charge is 2.24. The second kappa shape index (κ2) is 8.68. The summed E-state index contributed by atoms with van der Waals surface area (Å²) in [4.78, 5) is 26.3. The van der Waals surface area contributed by atoms with Crippen LogP contribution >= 0.6 is 0 Å². The fourth-order valence-electron chi connectivity index (χ4n) is 3.26. The largest absolute Gasteiger partial charge is 0.465 e. The van der Waals surface area contributed by atoms with Gasteiger partial charge in [-0.2, -0.15) is 0 Å². The van der Waals surface area contributed by atoms with Crippen LogP contribution in [0.3, 0.4) is 0 Å². The van der Waals surface area contributed by atoms with E-state index in [-0.39, 0.29) is 5.91 Å². The Morgan fingerprint density at radius 3 is 2.70 bits per heavy atom. The van der Waals surface area contributed by atoms with Crippen molar-refractivity contribution >= 4 is 23.3 Å². The predicted molar refractivity (Wildman–Crippen MR) is 106 cm³/mol. The first-order valence-corrected chi connectivity index (χ1v) is 9.08. The van der Waals surface area contributed by atoms with Gasteiger partial charge in [0.05, 0.1) is 19.2 Å². The SMILES string of the molecule is COC(=O)c1ccc(C)c(NC(=O)CN2CCC(Nc3ccccc3)C2)c1.